The van der Waals surface area contributed by atoms with Crippen molar-refractivity contribution in [1.82, 2.24) is 20.3 Å². The number of nitrogens with zero attached hydrogens (tertiary/aromatic N) is 4. The van der Waals surface area contributed by atoms with E-state index in [2.05, 4.69) is 26.7 Å². The number of anilines is 2. The molecule has 0 spiro atoms. The maximum atomic E-state index is 8.98. The van der Waals surface area contributed by atoms with Crippen LogP contribution in [0.4, 0.5) is 11.6 Å². The summed E-state index contributed by atoms with van der Waals surface area (Å²) in [6.07, 6.45) is 2.97. The van der Waals surface area contributed by atoms with Crippen molar-refractivity contribution in [1.29, 1.82) is 5.26 Å². The second kappa shape index (κ2) is 8.30. The molecule has 0 aliphatic carbocycles. The Labute approximate surface area is 183 Å². The van der Waals surface area contributed by atoms with Crippen LogP contribution < -0.4 is 15.4 Å². The van der Waals surface area contributed by atoms with Crippen LogP contribution >= 0.6 is 11.3 Å². The average molecular weight is 429 g/mol. The Morgan fingerprint density at radius 3 is 2.81 bits per heavy atom. The van der Waals surface area contributed by atoms with Gasteiger partial charge < -0.3 is 15.4 Å². The molecule has 4 heterocycles. The van der Waals surface area contributed by atoms with Crippen LogP contribution in [0.1, 0.15) is 17.5 Å². The quantitative estimate of drug-likeness (QED) is 0.486. The normalized spacial score (nSPS) is 15.7. The first-order valence-corrected chi connectivity index (χ1v) is 10.9. The number of hydrogen-bond acceptors (Lipinski definition) is 8. The number of fused-ring (bicyclic) bond motifs is 1. The molecule has 4 aromatic rings. The monoisotopic (exact) mass is 428 g/mol. The molecule has 1 fully saturated rings. The lowest BCUT2D eigenvalue weighted by Gasteiger charge is -2.13. The molecular weight excluding hydrogens is 408 g/mol. The highest BCUT2D eigenvalue weighted by molar-refractivity contribution is 7.21. The number of aryl methyl sites for hydroxylation is 1. The molecule has 154 valence electrons. The minimum atomic E-state index is 0.160. The fourth-order valence-corrected chi connectivity index (χ4v) is 4.43. The van der Waals surface area contributed by atoms with Gasteiger partial charge in [-0.2, -0.15) is 10.2 Å². The van der Waals surface area contributed by atoms with Crippen LogP contribution in [0.2, 0.25) is 0 Å². The predicted molar refractivity (Wildman–Crippen MR) is 122 cm³/mol. The van der Waals surface area contributed by atoms with Gasteiger partial charge in [-0.05, 0) is 43.7 Å². The molecule has 0 bridgehead atoms. The smallest absolute Gasteiger partial charge is 0.215 e. The summed E-state index contributed by atoms with van der Waals surface area (Å²) in [6, 6.07) is 15.4. The topological polar surface area (TPSA) is 95.8 Å². The Balaban J connectivity index is 1.38. The molecule has 8 heteroatoms. The molecule has 5 rings (SSSR count). The van der Waals surface area contributed by atoms with Crippen molar-refractivity contribution >= 4 is 33.2 Å². The van der Waals surface area contributed by atoms with Crippen LogP contribution in [0, 0.1) is 18.3 Å². The molecule has 0 radical (unpaired) electrons. The van der Waals surface area contributed by atoms with Crippen LogP contribution in [-0.2, 0) is 0 Å². The van der Waals surface area contributed by atoms with E-state index >= 15 is 0 Å². The van der Waals surface area contributed by atoms with E-state index in [1.165, 1.54) is 0 Å². The minimum absolute atomic E-state index is 0.160. The Morgan fingerprint density at radius 1 is 1.16 bits per heavy atom. The third-order valence-corrected chi connectivity index (χ3v) is 6.10. The highest BCUT2D eigenvalue weighted by Gasteiger charge is 2.17. The van der Waals surface area contributed by atoms with Crippen LogP contribution in [0.5, 0.6) is 5.88 Å². The second-order valence-electron chi connectivity index (χ2n) is 7.47. The highest BCUT2D eigenvalue weighted by Crippen LogP contribution is 2.31. The Bertz CT molecular complexity index is 1270. The Hall–Kier alpha value is -3.54. The molecule has 0 saturated carbocycles. The third kappa shape index (κ3) is 4.33. The highest BCUT2D eigenvalue weighted by atomic mass is 32.1. The minimum Gasteiger partial charge on any atom is -0.473 e. The van der Waals surface area contributed by atoms with Gasteiger partial charge >= 0.3 is 0 Å². The van der Waals surface area contributed by atoms with Gasteiger partial charge in [0.2, 0.25) is 5.88 Å². The summed E-state index contributed by atoms with van der Waals surface area (Å²) in [5, 5.41) is 16.4. The molecule has 1 atom stereocenters. The zero-order valence-corrected chi connectivity index (χ0v) is 17.7. The number of nitrogens with one attached hydrogen (secondary N) is 2. The molecule has 1 unspecified atom stereocenters. The van der Waals surface area contributed by atoms with Crippen molar-refractivity contribution in [2.24, 2.45) is 0 Å². The lowest BCUT2D eigenvalue weighted by atomic mass is 10.1. The van der Waals surface area contributed by atoms with Gasteiger partial charge in [0.1, 0.15) is 22.7 Å². The van der Waals surface area contributed by atoms with E-state index in [0.717, 1.165) is 45.9 Å². The van der Waals surface area contributed by atoms with Gasteiger partial charge in [-0.1, -0.05) is 12.1 Å². The van der Waals surface area contributed by atoms with E-state index in [9.17, 15) is 0 Å². The number of pyridine rings is 2. The largest absolute Gasteiger partial charge is 0.473 e. The van der Waals surface area contributed by atoms with E-state index in [-0.39, 0.29) is 6.10 Å². The number of ether oxygens (including phenoxy) is 1. The Morgan fingerprint density at radius 2 is 2.03 bits per heavy atom. The zero-order chi connectivity index (χ0) is 21.2. The number of thiazole rings is 1. The number of aromatic nitrogens is 3. The third-order valence-electron chi connectivity index (χ3n) is 5.04. The molecule has 2 N–H and O–H groups in total. The number of nitriles is 1. The first-order chi connectivity index (χ1) is 15.2. The average Bonchev–Trinajstić information content (AvgIpc) is 3.43. The molecule has 1 aliphatic rings. The molecule has 1 saturated heterocycles. The second-order valence-corrected chi connectivity index (χ2v) is 8.50. The zero-order valence-electron chi connectivity index (χ0n) is 16.9. The molecular formula is C23H20N6OS. The summed E-state index contributed by atoms with van der Waals surface area (Å²) in [5.41, 5.74) is 3.55. The van der Waals surface area contributed by atoms with Gasteiger partial charge in [0.25, 0.3) is 0 Å². The van der Waals surface area contributed by atoms with Crippen LogP contribution in [0.25, 0.3) is 20.8 Å². The predicted octanol–water partition coefficient (Wildman–Crippen LogP) is 4.42. The van der Waals surface area contributed by atoms with E-state index in [4.69, 9.17) is 15.0 Å². The Kier molecular flexibility index (Phi) is 5.20. The van der Waals surface area contributed by atoms with E-state index in [1.54, 1.807) is 23.5 Å². The SMILES string of the molecule is Cc1cc(Nc2cc3nc(-c4ccc(C#N)cc4)sc3cn2)nc(OC2CCNC2)c1. The molecule has 1 aliphatic heterocycles. The fraction of sp³-hybridized carbons (Fsp3) is 0.217. The van der Waals surface area contributed by atoms with Gasteiger partial charge in [0.15, 0.2) is 0 Å². The van der Waals surface area contributed by atoms with E-state index in [0.29, 0.717) is 23.1 Å². The van der Waals surface area contributed by atoms with Crippen molar-refractivity contribution in [3.05, 3.63) is 59.8 Å². The summed E-state index contributed by atoms with van der Waals surface area (Å²) in [5.74, 6) is 1.99. The molecule has 0 amide bonds. The lowest BCUT2D eigenvalue weighted by molar-refractivity contribution is 0.214. The molecule has 3 aromatic heterocycles. The van der Waals surface area contributed by atoms with E-state index < -0.39 is 0 Å². The number of benzene rings is 1. The first kappa shape index (κ1) is 19.4. The lowest BCUT2D eigenvalue weighted by Crippen LogP contribution is -2.20. The number of hydrogen-bond donors (Lipinski definition) is 2. The van der Waals surface area contributed by atoms with Crippen LogP contribution in [0.3, 0.4) is 0 Å². The summed E-state index contributed by atoms with van der Waals surface area (Å²) in [4.78, 5) is 13.9. The maximum Gasteiger partial charge on any atom is 0.215 e. The van der Waals surface area contributed by atoms with Gasteiger partial charge in [0, 0.05) is 30.4 Å². The van der Waals surface area contributed by atoms with Gasteiger partial charge in [0.05, 0.1) is 21.8 Å². The summed E-state index contributed by atoms with van der Waals surface area (Å²) in [6.45, 7) is 3.85. The van der Waals surface area contributed by atoms with Crippen LogP contribution in [0.15, 0.2) is 48.7 Å². The van der Waals surface area contributed by atoms with Crippen molar-refractivity contribution < 1.29 is 4.74 Å². The molecule has 1 aromatic carbocycles. The summed E-state index contributed by atoms with van der Waals surface area (Å²) < 4.78 is 7.01. The summed E-state index contributed by atoms with van der Waals surface area (Å²) >= 11 is 1.58. The number of rotatable bonds is 5. The van der Waals surface area contributed by atoms with Crippen molar-refractivity contribution in [2.75, 3.05) is 18.4 Å². The van der Waals surface area contributed by atoms with Gasteiger partial charge in [-0.15, -0.1) is 11.3 Å². The standard InChI is InChI=1S/C23H20N6OS/c1-14-8-21(29-22(9-14)30-17-6-7-25-12-17)28-20-10-18-19(13-26-20)31-23(27-18)16-4-2-15(11-24)3-5-16/h2-5,8-10,13,17,25H,6-7,12H2,1H3,(H,26,28,29). The molecule has 7 nitrogen and oxygen atoms in total. The first-order valence-electron chi connectivity index (χ1n) is 10.1. The van der Waals surface area contributed by atoms with Crippen molar-refractivity contribution in [3.63, 3.8) is 0 Å². The molecule has 31 heavy (non-hydrogen) atoms. The van der Waals surface area contributed by atoms with E-state index in [1.807, 2.05) is 43.5 Å². The van der Waals surface area contributed by atoms with Crippen molar-refractivity contribution in [3.8, 4) is 22.5 Å². The summed E-state index contributed by atoms with van der Waals surface area (Å²) in [7, 11) is 0. The van der Waals surface area contributed by atoms with Crippen LogP contribution in [-0.4, -0.2) is 34.1 Å². The maximum absolute atomic E-state index is 8.98. The van der Waals surface area contributed by atoms with Gasteiger partial charge in [-0.3, -0.25) is 0 Å². The van der Waals surface area contributed by atoms with Crippen molar-refractivity contribution in [2.45, 2.75) is 19.4 Å². The fourth-order valence-electron chi connectivity index (χ4n) is 3.50. The van der Waals surface area contributed by atoms with Gasteiger partial charge in [-0.25, -0.2) is 9.97 Å².